The van der Waals surface area contributed by atoms with Crippen molar-refractivity contribution >= 4 is 13.1 Å². The van der Waals surface area contributed by atoms with Crippen molar-refractivity contribution < 1.29 is 18.8 Å². The first-order valence-corrected chi connectivity index (χ1v) is 9.20. The van der Waals surface area contributed by atoms with Gasteiger partial charge in [0.25, 0.3) is 0 Å². The first-order valence-electron chi connectivity index (χ1n) is 6.94. The summed E-state index contributed by atoms with van der Waals surface area (Å²) in [7, 11) is -2.44. The van der Waals surface area contributed by atoms with E-state index in [1.807, 2.05) is 37.3 Å². The number of rotatable bonds is 9. The average Bonchev–Trinajstić information content (AvgIpc) is 2.47. The third-order valence-electron chi connectivity index (χ3n) is 3.04. The number of hydrogen-bond acceptors (Lipinski definition) is 4. The van der Waals surface area contributed by atoms with E-state index in [1.54, 1.807) is 6.92 Å². The lowest BCUT2D eigenvalue weighted by Crippen LogP contribution is -2.09. The van der Waals surface area contributed by atoms with E-state index in [-0.39, 0.29) is 18.7 Å². The van der Waals surface area contributed by atoms with E-state index in [4.69, 9.17) is 9.47 Å². The summed E-state index contributed by atoms with van der Waals surface area (Å²) in [6.07, 6.45) is 1.32. The number of carbonyl (C=O) groups excluding carboxylic acids is 1. The maximum atomic E-state index is 12.5. The Morgan fingerprint density at radius 1 is 1.20 bits per heavy atom. The fourth-order valence-electron chi connectivity index (χ4n) is 1.75. The maximum absolute atomic E-state index is 12.5. The van der Waals surface area contributed by atoms with Crippen molar-refractivity contribution in [1.29, 1.82) is 0 Å². The first-order chi connectivity index (χ1) is 9.59. The molecule has 112 valence electrons. The summed E-state index contributed by atoms with van der Waals surface area (Å²) in [5.74, 6) is -0.288. The van der Waals surface area contributed by atoms with Crippen molar-refractivity contribution in [3.05, 3.63) is 35.9 Å². The number of ether oxygens (including phenoxy) is 2. The molecule has 0 N–H and O–H groups in total. The molecule has 0 aliphatic carbocycles. The average molecular weight is 298 g/mol. The van der Waals surface area contributed by atoms with E-state index in [0.29, 0.717) is 25.5 Å². The van der Waals surface area contributed by atoms with Crippen molar-refractivity contribution in [3.63, 3.8) is 0 Å². The number of carbonyl (C=O) groups is 1. The van der Waals surface area contributed by atoms with Crippen molar-refractivity contribution in [2.75, 3.05) is 25.3 Å². The van der Waals surface area contributed by atoms with E-state index < -0.39 is 7.14 Å². The van der Waals surface area contributed by atoms with Gasteiger partial charge >= 0.3 is 5.97 Å². The van der Waals surface area contributed by atoms with Gasteiger partial charge in [0.15, 0.2) is 0 Å². The third-order valence-corrected chi connectivity index (χ3v) is 5.89. The molecule has 1 atom stereocenters. The van der Waals surface area contributed by atoms with Gasteiger partial charge in [0, 0.05) is 12.3 Å². The Kier molecular flexibility index (Phi) is 7.56. The van der Waals surface area contributed by atoms with Crippen LogP contribution in [0.1, 0.15) is 25.8 Å². The van der Waals surface area contributed by atoms with E-state index in [0.717, 1.165) is 5.56 Å². The standard InChI is InChI=1S/C15H23O4P/c1-3-19-15(16)10-11-20(17,4-2)13-18-12-14-8-6-5-7-9-14/h5-9H,3-4,10-13H2,1-2H3. The maximum Gasteiger partial charge on any atom is 0.306 e. The third kappa shape index (κ3) is 6.36. The largest absolute Gasteiger partial charge is 0.466 e. The van der Waals surface area contributed by atoms with E-state index in [1.165, 1.54) is 0 Å². The highest BCUT2D eigenvalue weighted by Crippen LogP contribution is 2.45. The highest BCUT2D eigenvalue weighted by atomic mass is 31.2. The lowest BCUT2D eigenvalue weighted by atomic mass is 10.2. The normalized spacial score (nSPS) is 13.7. The van der Waals surface area contributed by atoms with Crippen LogP contribution in [0, 0.1) is 0 Å². The second-order valence-corrected chi connectivity index (χ2v) is 8.07. The van der Waals surface area contributed by atoms with Crippen LogP contribution in [0.15, 0.2) is 30.3 Å². The second kappa shape index (κ2) is 8.93. The molecular formula is C15H23O4P. The summed E-state index contributed by atoms with van der Waals surface area (Å²) < 4.78 is 23.0. The van der Waals surface area contributed by atoms with Gasteiger partial charge in [0.05, 0.1) is 19.6 Å². The summed E-state index contributed by atoms with van der Waals surface area (Å²) in [5, 5.41) is 0. The van der Waals surface area contributed by atoms with Gasteiger partial charge in [-0.15, -0.1) is 0 Å². The molecule has 0 saturated carbocycles. The van der Waals surface area contributed by atoms with Crippen LogP contribution in [0.4, 0.5) is 0 Å². The summed E-state index contributed by atoms with van der Waals surface area (Å²) in [6.45, 7) is 4.45. The minimum Gasteiger partial charge on any atom is -0.466 e. The highest BCUT2D eigenvalue weighted by Gasteiger charge is 2.21. The topological polar surface area (TPSA) is 52.6 Å². The van der Waals surface area contributed by atoms with E-state index in [2.05, 4.69) is 0 Å². The SMILES string of the molecule is CCOC(=O)CCP(=O)(CC)COCc1ccccc1. The Morgan fingerprint density at radius 3 is 2.50 bits per heavy atom. The molecule has 1 rings (SSSR count). The Morgan fingerprint density at radius 2 is 1.90 bits per heavy atom. The molecule has 0 spiro atoms. The van der Waals surface area contributed by atoms with Crippen LogP contribution in [0.3, 0.4) is 0 Å². The summed E-state index contributed by atoms with van der Waals surface area (Å²) in [4.78, 5) is 11.3. The zero-order valence-electron chi connectivity index (χ0n) is 12.2. The van der Waals surface area contributed by atoms with Crippen LogP contribution in [-0.2, 0) is 25.4 Å². The molecule has 0 aliphatic rings. The van der Waals surface area contributed by atoms with Gasteiger partial charge in [0.2, 0.25) is 0 Å². The number of hydrogen-bond donors (Lipinski definition) is 0. The minimum atomic E-state index is -2.44. The molecule has 0 amide bonds. The molecule has 1 aromatic carbocycles. The van der Waals surface area contributed by atoms with Crippen molar-refractivity contribution in [2.24, 2.45) is 0 Å². The fraction of sp³-hybridized carbons (Fsp3) is 0.533. The highest BCUT2D eigenvalue weighted by molar-refractivity contribution is 7.63. The van der Waals surface area contributed by atoms with Gasteiger partial charge in [-0.25, -0.2) is 0 Å². The Labute approximate surface area is 120 Å². The molecule has 0 radical (unpaired) electrons. The van der Waals surface area contributed by atoms with Crippen LogP contribution < -0.4 is 0 Å². The fourth-order valence-corrected chi connectivity index (χ4v) is 3.39. The zero-order chi connectivity index (χ0) is 14.8. The molecule has 1 unspecified atom stereocenters. The number of benzene rings is 1. The van der Waals surface area contributed by atoms with Gasteiger partial charge in [-0.3, -0.25) is 4.79 Å². The van der Waals surface area contributed by atoms with Crippen LogP contribution in [0.2, 0.25) is 0 Å². The molecule has 4 nitrogen and oxygen atoms in total. The van der Waals surface area contributed by atoms with Crippen LogP contribution >= 0.6 is 7.14 Å². The van der Waals surface area contributed by atoms with Crippen LogP contribution in [0.25, 0.3) is 0 Å². The molecule has 0 aromatic heterocycles. The first kappa shape index (κ1) is 16.9. The van der Waals surface area contributed by atoms with Gasteiger partial charge in [0.1, 0.15) is 13.5 Å². The quantitative estimate of drug-likeness (QED) is 0.517. The number of esters is 1. The lowest BCUT2D eigenvalue weighted by Gasteiger charge is -2.16. The monoisotopic (exact) mass is 298 g/mol. The van der Waals surface area contributed by atoms with Gasteiger partial charge in [-0.2, -0.15) is 0 Å². The Balaban J connectivity index is 2.37. The molecule has 0 heterocycles. The molecule has 0 aliphatic heterocycles. The molecule has 5 heteroatoms. The molecule has 0 saturated heterocycles. The Bertz CT molecular complexity index is 444. The molecular weight excluding hydrogens is 275 g/mol. The molecule has 0 bridgehead atoms. The van der Waals surface area contributed by atoms with Gasteiger partial charge in [-0.05, 0) is 12.5 Å². The predicted molar refractivity (Wildman–Crippen MR) is 80.4 cm³/mol. The zero-order valence-corrected chi connectivity index (χ0v) is 13.1. The molecule has 0 fully saturated rings. The van der Waals surface area contributed by atoms with Crippen LogP contribution in [0.5, 0.6) is 0 Å². The Hall–Kier alpha value is -1.12. The second-order valence-electron chi connectivity index (χ2n) is 4.62. The molecule has 1 aromatic rings. The summed E-state index contributed by atoms with van der Waals surface area (Å²) in [5.41, 5.74) is 1.06. The molecule has 20 heavy (non-hydrogen) atoms. The summed E-state index contributed by atoms with van der Waals surface area (Å²) in [6, 6.07) is 9.77. The van der Waals surface area contributed by atoms with Crippen molar-refractivity contribution in [1.82, 2.24) is 0 Å². The van der Waals surface area contributed by atoms with E-state index in [9.17, 15) is 9.36 Å². The van der Waals surface area contributed by atoms with Crippen molar-refractivity contribution in [2.45, 2.75) is 26.9 Å². The smallest absolute Gasteiger partial charge is 0.306 e. The van der Waals surface area contributed by atoms with Gasteiger partial charge < -0.3 is 14.0 Å². The minimum absolute atomic E-state index is 0.202. The van der Waals surface area contributed by atoms with Crippen LogP contribution in [-0.4, -0.2) is 31.2 Å². The predicted octanol–water partition coefficient (Wildman–Crippen LogP) is 3.50. The van der Waals surface area contributed by atoms with Crippen molar-refractivity contribution in [3.8, 4) is 0 Å². The van der Waals surface area contributed by atoms with Gasteiger partial charge in [-0.1, -0.05) is 37.3 Å². The lowest BCUT2D eigenvalue weighted by molar-refractivity contribution is -0.142. The summed E-state index contributed by atoms with van der Waals surface area (Å²) >= 11 is 0. The van der Waals surface area contributed by atoms with E-state index >= 15 is 0 Å².